The van der Waals surface area contributed by atoms with Crippen molar-refractivity contribution in [2.45, 2.75) is 46.0 Å². The van der Waals surface area contributed by atoms with Gasteiger partial charge in [-0.2, -0.15) is 0 Å². The highest BCUT2D eigenvalue weighted by molar-refractivity contribution is 5.84. The summed E-state index contributed by atoms with van der Waals surface area (Å²) < 4.78 is 31.4. The Morgan fingerprint density at radius 2 is 1.94 bits per heavy atom. The maximum absolute atomic E-state index is 13.1. The van der Waals surface area contributed by atoms with E-state index in [1.807, 2.05) is 49.4 Å². The lowest BCUT2D eigenvalue weighted by molar-refractivity contribution is -0.181. The first-order valence-electron chi connectivity index (χ1n) is 10.4. The Morgan fingerprint density at radius 1 is 1.19 bits per heavy atom. The van der Waals surface area contributed by atoms with Crippen LogP contribution in [0.5, 0.6) is 5.75 Å². The fraction of sp³-hybridized carbons (Fsp3) is 0.417. The van der Waals surface area contributed by atoms with Crippen molar-refractivity contribution >= 4 is 17.0 Å². The van der Waals surface area contributed by atoms with E-state index in [9.17, 15) is 9.18 Å². The highest BCUT2D eigenvalue weighted by Gasteiger charge is 2.45. The fourth-order valence-electron chi connectivity index (χ4n) is 3.75. The van der Waals surface area contributed by atoms with Crippen LogP contribution in [-0.2, 0) is 14.3 Å². The molecule has 1 aliphatic heterocycles. The van der Waals surface area contributed by atoms with Crippen LogP contribution in [0.1, 0.15) is 49.9 Å². The molecule has 164 valence electrons. The first kappa shape index (κ1) is 21.3. The Labute approximate surface area is 180 Å². The van der Waals surface area contributed by atoms with Crippen molar-refractivity contribution in [1.82, 2.24) is 9.97 Å². The van der Waals surface area contributed by atoms with Gasteiger partial charge in [-0.25, -0.2) is 9.37 Å². The number of fused-ring (bicyclic) bond motifs is 3. The van der Waals surface area contributed by atoms with Gasteiger partial charge in [-0.05, 0) is 39.3 Å². The zero-order valence-electron chi connectivity index (χ0n) is 18.1. The van der Waals surface area contributed by atoms with Crippen molar-refractivity contribution in [1.29, 1.82) is 0 Å². The molecule has 0 spiro atoms. The smallest absolute Gasteiger partial charge is 0.311 e. The third-order valence-corrected chi connectivity index (χ3v) is 5.26. The molecule has 0 saturated carbocycles. The van der Waals surface area contributed by atoms with Gasteiger partial charge in [-0.1, -0.05) is 36.4 Å². The van der Waals surface area contributed by atoms with Crippen molar-refractivity contribution in [2.75, 3.05) is 13.3 Å². The van der Waals surface area contributed by atoms with E-state index < -0.39 is 30.4 Å². The number of benzene rings is 2. The molecule has 0 radical (unpaired) electrons. The van der Waals surface area contributed by atoms with E-state index in [-0.39, 0.29) is 12.6 Å². The number of aryl methyl sites for hydroxylation is 1. The van der Waals surface area contributed by atoms with Gasteiger partial charge in [-0.15, -0.1) is 0 Å². The number of nitrogens with zero attached hydrogens (tertiary/aromatic N) is 1. The number of carbonyl (C=O) groups excluding carboxylic acids is 1. The largest absolute Gasteiger partial charge is 0.479 e. The number of carbonyl (C=O) groups is 1. The van der Waals surface area contributed by atoms with Crippen molar-refractivity contribution in [2.24, 2.45) is 5.41 Å². The highest BCUT2D eigenvalue weighted by atomic mass is 19.1. The summed E-state index contributed by atoms with van der Waals surface area (Å²) in [4.78, 5) is 20.6. The number of hydrogen-bond acceptors (Lipinski definition) is 5. The number of ether oxygens (including phenoxy) is 3. The molecule has 0 fully saturated rings. The number of aromatic nitrogens is 2. The van der Waals surface area contributed by atoms with Crippen LogP contribution in [0.15, 0.2) is 42.5 Å². The molecule has 2 aromatic carbocycles. The number of esters is 1. The SMILES string of the molecule is Cc1nc2c3c(ccc2[nH]1)[C@@H](OCCF)[C@H](OC(=O)C(C)(C)C)[C@@H](c1ccccc1)O3. The van der Waals surface area contributed by atoms with Gasteiger partial charge in [-0.3, -0.25) is 4.79 Å². The minimum Gasteiger partial charge on any atom is -0.479 e. The van der Waals surface area contributed by atoms with Crippen LogP contribution < -0.4 is 4.74 Å². The van der Waals surface area contributed by atoms with E-state index in [0.29, 0.717) is 16.8 Å². The second-order valence-corrected chi connectivity index (χ2v) is 8.75. The summed E-state index contributed by atoms with van der Waals surface area (Å²) in [5, 5.41) is 0. The number of imidazole rings is 1. The van der Waals surface area contributed by atoms with E-state index in [0.717, 1.165) is 16.9 Å². The molecule has 0 aliphatic carbocycles. The molecule has 0 unspecified atom stereocenters. The predicted molar refractivity (Wildman–Crippen MR) is 115 cm³/mol. The molecule has 3 atom stereocenters. The van der Waals surface area contributed by atoms with E-state index in [2.05, 4.69) is 9.97 Å². The maximum Gasteiger partial charge on any atom is 0.311 e. The fourth-order valence-corrected chi connectivity index (χ4v) is 3.75. The number of hydrogen-bond donors (Lipinski definition) is 1. The Bertz CT molecular complexity index is 1070. The molecule has 7 heteroatoms. The Morgan fingerprint density at radius 3 is 2.61 bits per heavy atom. The molecule has 0 bridgehead atoms. The summed E-state index contributed by atoms with van der Waals surface area (Å²) in [6.07, 6.45) is -2.12. The van der Waals surface area contributed by atoms with Crippen LogP contribution in [0.2, 0.25) is 0 Å². The molecule has 1 aliphatic rings. The van der Waals surface area contributed by atoms with Crippen molar-refractivity contribution in [3.8, 4) is 5.75 Å². The third-order valence-electron chi connectivity index (χ3n) is 5.26. The molecule has 3 aromatic rings. The predicted octanol–water partition coefficient (Wildman–Crippen LogP) is 4.99. The van der Waals surface area contributed by atoms with Gasteiger partial charge in [0, 0.05) is 5.56 Å². The van der Waals surface area contributed by atoms with Gasteiger partial charge in [0.1, 0.15) is 24.1 Å². The summed E-state index contributed by atoms with van der Waals surface area (Å²) in [6, 6.07) is 13.3. The molecule has 4 rings (SSSR count). The molecular weight excluding hydrogens is 399 g/mol. The minimum absolute atomic E-state index is 0.118. The topological polar surface area (TPSA) is 73.4 Å². The number of halogens is 1. The average Bonchev–Trinajstić information content (AvgIpc) is 3.13. The summed E-state index contributed by atoms with van der Waals surface area (Å²) in [6.45, 7) is 6.47. The molecule has 6 nitrogen and oxygen atoms in total. The summed E-state index contributed by atoms with van der Waals surface area (Å²) in [7, 11) is 0. The second kappa shape index (κ2) is 8.30. The zero-order valence-corrected chi connectivity index (χ0v) is 18.1. The zero-order chi connectivity index (χ0) is 22.2. The van der Waals surface area contributed by atoms with E-state index >= 15 is 0 Å². The van der Waals surface area contributed by atoms with Gasteiger partial charge in [0.25, 0.3) is 0 Å². The first-order valence-corrected chi connectivity index (χ1v) is 10.4. The molecule has 0 amide bonds. The molecular formula is C24H27FN2O4. The number of aromatic amines is 1. The van der Waals surface area contributed by atoms with Gasteiger partial charge in [0.15, 0.2) is 18.0 Å². The lowest BCUT2D eigenvalue weighted by atomic mass is 9.90. The number of alkyl halides is 1. The normalized spacial score (nSPS) is 20.9. The Kier molecular flexibility index (Phi) is 5.71. The Hall–Kier alpha value is -2.93. The van der Waals surface area contributed by atoms with Gasteiger partial charge >= 0.3 is 5.97 Å². The molecule has 2 heterocycles. The van der Waals surface area contributed by atoms with Crippen LogP contribution in [-0.4, -0.2) is 35.3 Å². The van der Waals surface area contributed by atoms with Crippen LogP contribution in [0.25, 0.3) is 11.0 Å². The van der Waals surface area contributed by atoms with Crippen LogP contribution in [0.3, 0.4) is 0 Å². The molecule has 0 saturated heterocycles. The lowest BCUT2D eigenvalue weighted by Gasteiger charge is -2.39. The molecule has 31 heavy (non-hydrogen) atoms. The quantitative estimate of drug-likeness (QED) is 0.582. The minimum atomic E-state index is -0.786. The second-order valence-electron chi connectivity index (χ2n) is 8.75. The third kappa shape index (κ3) is 4.14. The molecule has 1 aromatic heterocycles. The lowest BCUT2D eigenvalue weighted by Crippen LogP contribution is -2.41. The monoisotopic (exact) mass is 426 g/mol. The van der Waals surface area contributed by atoms with Crippen molar-refractivity contribution in [3.05, 3.63) is 59.4 Å². The number of rotatable bonds is 5. The average molecular weight is 426 g/mol. The summed E-state index contributed by atoms with van der Waals surface area (Å²) in [5.74, 6) is 0.935. The van der Waals surface area contributed by atoms with Gasteiger partial charge in [0.2, 0.25) is 0 Å². The van der Waals surface area contributed by atoms with Crippen molar-refractivity contribution in [3.63, 3.8) is 0 Å². The number of nitrogens with one attached hydrogen (secondary N) is 1. The highest BCUT2D eigenvalue weighted by Crippen LogP contribution is 2.47. The summed E-state index contributed by atoms with van der Waals surface area (Å²) in [5.41, 5.74) is 2.31. The molecule has 1 N–H and O–H groups in total. The van der Waals surface area contributed by atoms with Crippen LogP contribution in [0.4, 0.5) is 4.39 Å². The summed E-state index contributed by atoms with van der Waals surface area (Å²) >= 11 is 0. The standard InChI is InChI=1S/C24H27FN2O4/c1-14-26-17-11-10-16-20(18(17)27-14)30-19(15-8-6-5-7-9-15)22(21(16)29-13-12-25)31-23(28)24(2,3)4/h5-11,19,21-22H,12-13H2,1-4H3,(H,26,27)/t19-,21-,22-/m1/s1. The van der Waals surface area contributed by atoms with Crippen molar-refractivity contribution < 1.29 is 23.4 Å². The number of H-pyrrole nitrogens is 1. The van der Waals surface area contributed by atoms with E-state index in [4.69, 9.17) is 14.2 Å². The first-order chi connectivity index (χ1) is 14.8. The van der Waals surface area contributed by atoms with Crippen LogP contribution >= 0.6 is 0 Å². The van der Waals surface area contributed by atoms with E-state index in [1.54, 1.807) is 20.8 Å². The van der Waals surface area contributed by atoms with Gasteiger partial charge < -0.3 is 19.2 Å². The van der Waals surface area contributed by atoms with Crippen LogP contribution in [0, 0.1) is 12.3 Å². The van der Waals surface area contributed by atoms with E-state index in [1.165, 1.54) is 0 Å². The Balaban J connectivity index is 1.86. The van der Waals surface area contributed by atoms with Gasteiger partial charge in [0.05, 0.1) is 17.5 Å². The maximum atomic E-state index is 13.1.